The summed E-state index contributed by atoms with van der Waals surface area (Å²) in [4.78, 5) is 13.4. The fraction of sp³-hybridized carbons (Fsp3) is 0.400. The van der Waals surface area contributed by atoms with Gasteiger partial charge < -0.3 is 10.3 Å². The first-order chi connectivity index (χ1) is 9.04. The van der Waals surface area contributed by atoms with E-state index in [2.05, 4.69) is 42.7 Å². The van der Waals surface area contributed by atoms with Crippen LogP contribution in [0.2, 0.25) is 0 Å². The van der Waals surface area contributed by atoms with E-state index in [1.807, 2.05) is 18.2 Å². The van der Waals surface area contributed by atoms with Gasteiger partial charge in [-0.25, -0.2) is 0 Å². The molecule has 2 N–H and O–H groups in total. The van der Waals surface area contributed by atoms with Gasteiger partial charge in [0.2, 0.25) is 5.91 Å². The van der Waals surface area contributed by atoms with Crippen molar-refractivity contribution in [2.75, 3.05) is 14.1 Å². The highest BCUT2D eigenvalue weighted by atomic mass is 16.1. The maximum atomic E-state index is 11.2. The van der Waals surface area contributed by atoms with Crippen LogP contribution in [0.4, 0.5) is 0 Å². The molecule has 0 spiro atoms. The van der Waals surface area contributed by atoms with Crippen LogP contribution in [-0.4, -0.2) is 29.5 Å². The Morgan fingerprint density at radius 3 is 2.63 bits per heavy atom. The molecule has 0 saturated heterocycles. The number of nitrogens with zero attached hydrogens (tertiary/aromatic N) is 2. The molecule has 0 aliphatic heterocycles. The number of hydrogen-bond acceptors (Lipinski definition) is 2. The lowest BCUT2D eigenvalue weighted by molar-refractivity contribution is -0.117. The molecule has 1 aromatic carbocycles. The number of amides is 1. The number of primary amides is 1. The van der Waals surface area contributed by atoms with Crippen molar-refractivity contribution in [3.8, 4) is 0 Å². The van der Waals surface area contributed by atoms with Gasteiger partial charge in [0.15, 0.2) is 0 Å². The highest BCUT2D eigenvalue weighted by molar-refractivity contribution is 5.89. The second-order valence-electron chi connectivity index (χ2n) is 5.07. The molecule has 0 bridgehead atoms. The lowest BCUT2D eigenvalue weighted by atomic mass is 10.1. The van der Waals surface area contributed by atoms with Crippen LogP contribution in [0, 0.1) is 0 Å². The van der Waals surface area contributed by atoms with Gasteiger partial charge in [-0.05, 0) is 32.1 Å². The number of hydrogen-bond donors (Lipinski definition) is 1. The summed E-state index contributed by atoms with van der Waals surface area (Å²) in [5, 5.41) is 1.11. The summed E-state index contributed by atoms with van der Waals surface area (Å²) in [6, 6.07) is 8.15. The van der Waals surface area contributed by atoms with E-state index in [4.69, 9.17) is 5.73 Å². The average molecular weight is 259 g/mol. The van der Waals surface area contributed by atoms with E-state index >= 15 is 0 Å². The quantitative estimate of drug-likeness (QED) is 0.894. The fourth-order valence-corrected chi connectivity index (χ4v) is 2.66. The third kappa shape index (κ3) is 2.63. The summed E-state index contributed by atoms with van der Waals surface area (Å²) < 4.78 is 2.23. The number of nitrogens with two attached hydrogens (primary N) is 1. The van der Waals surface area contributed by atoms with Crippen LogP contribution in [0.3, 0.4) is 0 Å². The molecule has 0 radical (unpaired) electrons. The first kappa shape index (κ1) is 13.6. The van der Waals surface area contributed by atoms with Gasteiger partial charge in [-0.15, -0.1) is 0 Å². The van der Waals surface area contributed by atoms with Crippen LogP contribution in [0.15, 0.2) is 30.5 Å². The first-order valence-corrected chi connectivity index (χ1v) is 6.57. The molecule has 4 nitrogen and oxygen atoms in total. The third-order valence-electron chi connectivity index (χ3n) is 3.47. The first-order valence-electron chi connectivity index (χ1n) is 6.57. The Morgan fingerprint density at radius 2 is 2.05 bits per heavy atom. The second-order valence-corrected chi connectivity index (χ2v) is 5.07. The van der Waals surface area contributed by atoms with Gasteiger partial charge in [-0.1, -0.05) is 25.1 Å². The topological polar surface area (TPSA) is 51.3 Å². The molecule has 1 unspecified atom stereocenters. The maximum Gasteiger partial charge on any atom is 0.221 e. The molecule has 0 aliphatic carbocycles. The zero-order valence-corrected chi connectivity index (χ0v) is 11.8. The van der Waals surface area contributed by atoms with Gasteiger partial charge in [0, 0.05) is 17.1 Å². The minimum absolute atomic E-state index is 0.284. The number of benzene rings is 1. The van der Waals surface area contributed by atoms with E-state index in [-0.39, 0.29) is 18.5 Å². The van der Waals surface area contributed by atoms with Crippen LogP contribution in [0.5, 0.6) is 0 Å². The highest BCUT2D eigenvalue weighted by Crippen LogP contribution is 2.27. The third-order valence-corrected chi connectivity index (χ3v) is 3.47. The Bertz CT molecular complexity index is 586. The Balaban J connectivity index is 2.58. The summed E-state index contributed by atoms with van der Waals surface area (Å²) in [5.74, 6) is -0.291. The minimum atomic E-state index is -0.291. The van der Waals surface area contributed by atoms with E-state index < -0.39 is 0 Å². The lowest BCUT2D eigenvalue weighted by Crippen LogP contribution is -2.24. The van der Waals surface area contributed by atoms with Crippen molar-refractivity contribution in [2.24, 2.45) is 5.73 Å². The van der Waals surface area contributed by atoms with Crippen molar-refractivity contribution in [3.63, 3.8) is 0 Å². The predicted octanol–water partition coefficient (Wildman–Crippen LogP) is 2.14. The average Bonchev–Trinajstić information content (AvgIpc) is 2.69. The van der Waals surface area contributed by atoms with Crippen molar-refractivity contribution in [1.82, 2.24) is 9.47 Å². The molecular formula is C15H21N3O. The SMILES string of the molecule is CCC(N(C)C)n1cc(CC(N)=O)c2ccccc21. The van der Waals surface area contributed by atoms with Gasteiger partial charge in [-0.3, -0.25) is 9.69 Å². The molecule has 19 heavy (non-hydrogen) atoms. The van der Waals surface area contributed by atoms with Gasteiger partial charge in [-0.2, -0.15) is 0 Å². The normalized spacial score (nSPS) is 13.1. The standard InChI is InChI=1S/C15H21N3O/c1-4-15(17(2)3)18-10-11(9-14(16)19)12-7-5-6-8-13(12)18/h5-8,10,15H,4,9H2,1-3H3,(H2,16,19). The molecular weight excluding hydrogens is 238 g/mol. The second kappa shape index (κ2) is 5.45. The molecule has 0 fully saturated rings. The van der Waals surface area contributed by atoms with Gasteiger partial charge >= 0.3 is 0 Å². The number of aromatic nitrogens is 1. The van der Waals surface area contributed by atoms with E-state index in [1.165, 1.54) is 0 Å². The number of fused-ring (bicyclic) bond motifs is 1. The summed E-state index contributed by atoms with van der Waals surface area (Å²) in [7, 11) is 4.13. The Morgan fingerprint density at radius 1 is 1.37 bits per heavy atom. The van der Waals surface area contributed by atoms with Crippen molar-refractivity contribution in [2.45, 2.75) is 25.9 Å². The van der Waals surface area contributed by atoms with Crippen molar-refractivity contribution >= 4 is 16.8 Å². The van der Waals surface area contributed by atoms with Crippen LogP contribution in [0.1, 0.15) is 25.1 Å². The summed E-state index contributed by atoms with van der Waals surface area (Å²) in [6.45, 7) is 2.16. The van der Waals surface area contributed by atoms with Crippen LogP contribution in [-0.2, 0) is 11.2 Å². The smallest absolute Gasteiger partial charge is 0.221 e. The van der Waals surface area contributed by atoms with E-state index in [1.54, 1.807) is 0 Å². The Labute approximate surface area is 113 Å². The summed E-state index contributed by atoms with van der Waals surface area (Å²) in [6.07, 6.45) is 3.63. The van der Waals surface area contributed by atoms with E-state index in [0.717, 1.165) is 22.9 Å². The van der Waals surface area contributed by atoms with E-state index in [0.29, 0.717) is 0 Å². The molecule has 0 aliphatic rings. The monoisotopic (exact) mass is 259 g/mol. The largest absolute Gasteiger partial charge is 0.369 e. The molecule has 102 valence electrons. The summed E-state index contributed by atoms with van der Waals surface area (Å²) >= 11 is 0. The molecule has 4 heteroatoms. The van der Waals surface area contributed by atoms with Gasteiger partial charge in [0.05, 0.1) is 12.6 Å². The Hall–Kier alpha value is -1.81. The van der Waals surface area contributed by atoms with Crippen molar-refractivity contribution in [3.05, 3.63) is 36.0 Å². The Kier molecular flexibility index (Phi) is 3.90. The van der Waals surface area contributed by atoms with Crippen LogP contribution in [0.25, 0.3) is 10.9 Å². The molecule has 2 rings (SSSR count). The maximum absolute atomic E-state index is 11.2. The van der Waals surface area contributed by atoms with Crippen LogP contribution < -0.4 is 5.73 Å². The summed E-state index contributed by atoms with van der Waals surface area (Å²) in [5.41, 5.74) is 7.49. The molecule has 2 aromatic rings. The number of rotatable bonds is 5. The van der Waals surface area contributed by atoms with Crippen molar-refractivity contribution in [1.29, 1.82) is 0 Å². The molecule has 0 saturated carbocycles. The zero-order chi connectivity index (χ0) is 14.0. The van der Waals surface area contributed by atoms with Gasteiger partial charge in [0.1, 0.15) is 0 Å². The number of carbonyl (C=O) groups is 1. The number of para-hydroxylation sites is 1. The minimum Gasteiger partial charge on any atom is -0.369 e. The lowest BCUT2D eigenvalue weighted by Gasteiger charge is -2.25. The van der Waals surface area contributed by atoms with E-state index in [9.17, 15) is 4.79 Å². The zero-order valence-electron chi connectivity index (χ0n) is 11.8. The highest BCUT2D eigenvalue weighted by Gasteiger charge is 2.16. The molecule has 1 aromatic heterocycles. The fourth-order valence-electron chi connectivity index (χ4n) is 2.66. The van der Waals surface area contributed by atoms with Crippen LogP contribution >= 0.6 is 0 Å². The van der Waals surface area contributed by atoms with Crippen molar-refractivity contribution < 1.29 is 4.79 Å². The molecule has 1 heterocycles. The number of carbonyl (C=O) groups excluding carboxylic acids is 1. The predicted molar refractivity (Wildman–Crippen MR) is 77.9 cm³/mol. The molecule has 1 amide bonds. The van der Waals surface area contributed by atoms with Gasteiger partial charge in [0.25, 0.3) is 0 Å². The molecule has 1 atom stereocenters.